The van der Waals surface area contributed by atoms with Crippen LogP contribution >= 0.6 is 35.8 Å². The zero-order valence-electron chi connectivity index (χ0n) is 12.7. The number of rotatable bonds is 2. The van der Waals surface area contributed by atoms with Crippen LogP contribution in [0.5, 0.6) is 0 Å². The summed E-state index contributed by atoms with van der Waals surface area (Å²) in [5, 5.41) is 4.01. The third-order valence-corrected chi connectivity index (χ3v) is 5.90. The van der Waals surface area contributed by atoms with Gasteiger partial charge < -0.3 is 10.2 Å². The molecule has 2 aliphatic heterocycles. The maximum atomic E-state index is 12.7. The van der Waals surface area contributed by atoms with Crippen molar-refractivity contribution in [3.63, 3.8) is 0 Å². The Morgan fingerprint density at radius 1 is 1.32 bits per heavy atom. The van der Waals surface area contributed by atoms with Crippen molar-refractivity contribution >= 4 is 41.7 Å². The lowest BCUT2D eigenvalue weighted by molar-refractivity contribution is 0.0607. The summed E-state index contributed by atoms with van der Waals surface area (Å²) in [6, 6.07) is 5.70. The lowest BCUT2D eigenvalue weighted by Gasteiger charge is -2.39. The van der Waals surface area contributed by atoms with Crippen LogP contribution in [0.25, 0.3) is 0 Å². The first kappa shape index (κ1) is 17.9. The maximum Gasteiger partial charge on any atom is 0.255 e. The summed E-state index contributed by atoms with van der Waals surface area (Å²) in [4.78, 5) is 15.8. The van der Waals surface area contributed by atoms with Crippen molar-refractivity contribution in [1.82, 2.24) is 10.2 Å². The van der Waals surface area contributed by atoms with Gasteiger partial charge in [0.05, 0.1) is 10.6 Å². The molecule has 0 bridgehead atoms. The number of carbonyl (C=O) groups excluding carboxylic acids is 1. The molecule has 2 fully saturated rings. The van der Waals surface area contributed by atoms with Crippen molar-refractivity contribution in [2.24, 2.45) is 5.41 Å². The minimum atomic E-state index is 0. The summed E-state index contributed by atoms with van der Waals surface area (Å²) in [5.74, 6) is 0.0803. The Balaban J connectivity index is 0.00000176. The molecule has 0 unspecified atom stereocenters. The molecule has 1 aromatic rings. The van der Waals surface area contributed by atoms with Gasteiger partial charge in [-0.2, -0.15) is 0 Å². The molecule has 1 aromatic carbocycles. The van der Waals surface area contributed by atoms with E-state index in [2.05, 4.69) is 5.32 Å². The Morgan fingerprint density at radius 3 is 2.64 bits per heavy atom. The van der Waals surface area contributed by atoms with Gasteiger partial charge in [0.25, 0.3) is 5.91 Å². The van der Waals surface area contributed by atoms with Gasteiger partial charge in [-0.15, -0.1) is 24.2 Å². The smallest absolute Gasteiger partial charge is 0.255 e. The molecule has 0 atom stereocenters. The monoisotopic (exact) mass is 360 g/mol. The van der Waals surface area contributed by atoms with Crippen LogP contribution in [0.3, 0.4) is 0 Å². The zero-order chi connectivity index (χ0) is 14.9. The van der Waals surface area contributed by atoms with E-state index in [1.54, 1.807) is 11.8 Å². The van der Waals surface area contributed by atoms with Crippen LogP contribution in [0.15, 0.2) is 23.1 Å². The van der Waals surface area contributed by atoms with Gasteiger partial charge in [0, 0.05) is 24.5 Å². The predicted octanol–water partition coefficient (Wildman–Crippen LogP) is 3.70. The van der Waals surface area contributed by atoms with Crippen LogP contribution in [0.1, 0.15) is 29.6 Å². The van der Waals surface area contributed by atoms with Gasteiger partial charge in [-0.1, -0.05) is 11.6 Å². The molecule has 2 aliphatic rings. The third-order valence-electron chi connectivity index (χ3n) is 4.85. The van der Waals surface area contributed by atoms with E-state index >= 15 is 0 Å². The van der Waals surface area contributed by atoms with Crippen molar-refractivity contribution in [2.75, 3.05) is 32.4 Å². The molecule has 1 amide bonds. The number of halogens is 2. The van der Waals surface area contributed by atoms with Gasteiger partial charge in [-0.05, 0) is 55.7 Å². The molecule has 3 nitrogen and oxygen atoms in total. The van der Waals surface area contributed by atoms with Crippen LogP contribution in [-0.4, -0.2) is 43.2 Å². The normalized spacial score (nSPS) is 20.0. The van der Waals surface area contributed by atoms with E-state index < -0.39 is 0 Å². The second-order valence-corrected chi connectivity index (χ2v) is 7.35. The van der Waals surface area contributed by atoms with Crippen molar-refractivity contribution in [3.8, 4) is 0 Å². The Labute approximate surface area is 147 Å². The number of nitrogens with one attached hydrogen (secondary N) is 1. The Morgan fingerprint density at radius 2 is 2.05 bits per heavy atom. The van der Waals surface area contributed by atoms with Gasteiger partial charge in [-0.3, -0.25) is 4.79 Å². The van der Waals surface area contributed by atoms with Crippen LogP contribution in [0.4, 0.5) is 0 Å². The molecular formula is C16H22Cl2N2OS. The van der Waals surface area contributed by atoms with Gasteiger partial charge in [-0.25, -0.2) is 0 Å². The van der Waals surface area contributed by atoms with E-state index in [4.69, 9.17) is 11.6 Å². The molecular weight excluding hydrogens is 339 g/mol. The van der Waals surface area contributed by atoms with Crippen molar-refractivity contribution in [3.05, 3.63) is 28.8 Å². The highest BCUT2D eigenvalue weighted by atomic mass is 35.5. The minimum absolute atomic E-state index is 0. The first-order valence-electron chi connectivity index (χ1n) is 7.47. The summed E-state index contributed by atoms with van der Waals surface area (Å²) >= 11 is 7.85. The molecule has 2 heterocycles. The van der Waals surface area contributed by atoms with E-state index in [1.807, 2.05) is 29.4 Å². The van der Waals surface area contributed by atoms with Crippen molar-refractivity contribution < 1.29 is 4.79 Å². The molecule has 1 N–H and O–H groups in total. The molecule has 22 heavy (non-hydrogen) atoms. The largest absolute Gasteiger partial charge is 0.339 e. The Hall–Kier alpha value is -0.420. The Bertz CT molecular complexity index is 537. The summed E-state index contributed by atoms with van der Waals surface area (Å²) in [6.07, 6.45) is 5.46. The standard InChI is InChI=1S/C16H21ClN2OS.ClH/c1-21-12-2-3-14(17)13(10-12)15(20)19-8-5-16(6-9-19)4-7-18-11-16;/h2-3,10,18H,4-9,11H2,1H3;1H. The number of likely N-dealkylation sites (tertiary alicyclic amines) is 1. The lowest BCUT2D eigenvalue weighted by atomic mass is 9.78. The van der Waals surface area contributed by atoms with Gasteiger partial charge >= 0.3 is 0 Å². The molecule has 0 aromatic heterocycles. The second kappa shape index (κ2) is 7.43. The molecule has 1 spiro atoms. The second-order valence-electron chi connectivity index (χ2n) is 6.06. The highest BCUT2D eigenvalue weighted by Gasteiger charge is 2.38. The Kier molecular flexibility index (Phi) is 6.06. The van der Waals surface area contributed by atoms with Crippen LogP contribution in [-0.2, 0) is 0 Å². The van der Waals surface area contributed by atoms with Crippen molar-refractivity contribution in [2.45, 2.75) is 24.2 Å². The SMILES string of the molecule is CSc1ccc(Cl)c(C(=O)N2CCC3(CCNC3)CC2)c1.Cl. The first-order valence-corrected chi connectivity index (χ1v) is 9.07. The summed E-state index contributed by atoms with van der Waals surface area (Å²) in [6.45, 7) is 3.92. The number of carbonyl (C=O) groups is 1. The number of thioether (sulfide) groups is 1. The molecule has 122 valence electrons. The summed E-state index contributed by atoms with van der Waals surface area (Å²) < 4.78 is 0. The number of hydrogen-bond donors (Lipinski definition) is 1. The molecule has 0 aliphatic carbocycles. The van der Waals surface area contributed by atoms with E-state index in [1.165, 1.54) is 6.42 Å². The lowest BCUT2D eigenvalue weighted by Crippen LogP contribution is -2.44. The molecule has 0 radical (unpaired) electrons. The van der Waals surface area contributed by atoms with E-state index in [9.17, 15) is 4.79 Å². The van der Waals surface area contributed by atoms with E-state index in [0.717, 1.165) is 43.9 Å². The van der Waals surface area contributed by atoms with E-state index in [-0.39, 0.29) is 18.3 Å². The van der Waals surface area contributed by atoms with Crippen LogP contribution in [0.2, 0.25) is 5.02 Å². The summed E-state index contributed by atoms with van der Waals surface area (Å²) in [7, 11) is 0. The van der Waals surface area contributed by atoms with Crippen LogP contribution < -0.4 is 5.32 Å². The average molecular weight is 361 g/mol. The fourth-order valence-electron chi connectivity index (χ4n) is 3.37. The number of hydrogen-bond acceptors (Lipinski definition) is 3. The molecule has 6 heteroatoms. The third kappa shape index (κ3) is 3.56. The number of piperidine rings is 1. The predicted molar refractivity (Wildman–Crippen MR) is 95.5 cm³/mol. The summed E-state index contributed by atoms with van der Waals surface area (Å²) in [5.41, 5.74) is 1.07. The van der Waals surface area contributed by atoms with Gasteiger partial charge in [0.2, 0.25) is 0 Å². The first-order chi connectivity index (χ1) is 10.1. The number of nitrogens with zero attached hydrogens (tertiary/aromatic N) is 1. The average Bonchev–Trinajstić information content (AvgIpc) is 2.96. The topological polar surface area (TPSA) is 32.3 Å². The van der Waals surface area contributed by atoms with Crippen molar-refractivity contribution in [1.29, 1.82) is 0 Å². The van der Waals surface area contributed by atoms with Gasteiger partial charge in [0.15, 0.2) is 0 Å². The zero-order valence-corrected chi connectivity index (χ0v) is 15.1. The fourth-order valence-corrected chi connectivity index (χ4v) is 4.01. The number of amides is 1. The number of benzene rings is 1. The van der Waals surface area contributed by atoms with E-state index in [0.29, 0.717) is 16.0 Å². The fraction of sp³-hybridized carbons (Fsp3) is 0.562. The minimum Gasteiger partial charge on any atom is -0.339 e. The van der Waals surface area contributed by atoms with Crippen LogP contribution in [0, 0.1) is 5.41 Å². The molecule has 3 rings (SSSR count). The highest BCUT2D eigenvalue weighted by molar-refractivity contribution is 7.98. The maximum absolute atomic E-state index is 12.7. The molecule has 2 saturated heterocycles. The van der Waals surface area contributed by atoms with Gasteiger partial charge in [0.1, 0.15) is 0 Å². The molecule has 0 saturated carbocycles. The quantitative estimate of drug-likeness (QED) is 0.816. The highest BCUT2D eigenvalue weighted by Crippen LogP contribution is 2.37.